The van der Waals surface area contributed by atoms with E-state index in [9.17, 15) is 23.2 Å². The molecule has 184 valence electrons. The van der Waals surface area contributed by atoms with Gasteiger partial charge in [-0.1, -0.05) is 0 Å². The average Bonchev–Trinajstić information content (AvgIpc) is 3.38. The summed E-state index contributed by atoms with van der Waals surface area (Å²) in [7, 11) is 0. The van der Waals surface area contributed by atoms with E-state index in [0.717, 1.165) is 25.9 Å². The minimum absolute atomic E-state index is 0.00610. The van der Waals surface area contributed by atoms with Gasteiger partial charge in [-0.05, 0) is 43.5 Å². The molecule has 2 aliphatic carbocycles. The molecule has 3 heterocycles. The highest BCUT2D eigenvalue weighted by molar-refractivity contribution is 5.97. The number of ether oxygens (including phenoxy) is 1. The van der Waals surface area contributed by atoms with Crippen molar-refractivity contribution in [3.63, 3.8) is 0 Å². The van der Waals surface area contributed by atoms with Gasteiger partial charge in [0, 0.05) is 55.5 Å². The van der Waals surface area contributed by atoms with E-state index >= 15 is 0 Å². The number of amides is 1. The zero-order chi connectivity index (χ0) is 24.4. The van der Waals surface area contributed by atoms with Gasteiger partial charge in [0.25, 0.3) is 0 Å². The molecule has 0 unspecified atom stereocenters. The number of carbonyl (C=O) groups excluding carboxylic acids is 1. The number of nitrogens with one attached hydrogen (secondary N) is 1. The number of morpholine rings is 1. The summed E-state index contributed by atoms with van der Waals surface area (Å²) in [4.78, 5) is 21.6. The molecule has 10 heteroatoms. The van der Waals surface area contributed by atoms with Crippen LogP contribution in [0.4, 0.5) is 18.9 Å². The topological polar surface area (TPSA) is 81.5 Å². The molecule has 2 atom stereocenters. The Kier molecular flexibility index (Phi) is 5.03. The van der Waals surface area contributed by atoms with E-state index in [4.69, 9.17) is 4.74 Å². The molecule has 6 rings (SSSR count). The molecule has 0 radical (unpaired) electrons. The molecule has 4 fully saturated rings. The molecular formula is C25H26F3N5O2. The predicted octanol–water partition coefficient (Wildman–Crippen LogP) is 2.84. The third-order valence-electron chi connectivity index (χ3n) is 8.51. The molecule has 2 aromatic rings. The smallest absolute Gasteiger partial charge is 0.379 e. The first-order valence-corrected chi connectivity index (χ1v) is 12.0. The molecule has 1 N–H and O–H groups in total. The number of carbonyl (C=O) groups is 1. The van der Waals surface area contributed by atoms with Crippen LogP contribution in [0.15, 0.2) is 30.5 Å². The lowest BCUT2D eigenvalue weighted by Crippen LogP contribution is -2.57. The van der Waals surface area contributed by atoms with E-state index in [1.807, 2.05) is 0 Å². The molecule has 1 aromatic heterocycles. The largest absolute Gasteiger partial charge is 0.397 e. The van der Waals surface area contributed by atoms with Crippen molar-refractivity contribution in [2.75, 3.05) is 44.3 Å². The van der Waals surface area contributed by atoms with E-state index < -0.39 is 22.9 Å². The van der Waals surface area contributed by atoms with Gasteiger partial charge in [-0.25, -0.2) is 0 Å². The second kappa shape index (κ2) is 7.80. The Labute approximate surface area is 200 Å². The van der Waals surface area contributed by atoms with Gasteiger partial charge in [0.2, 0.25) is 5.91 Å². The summed E-state index contributed by atoms with van der Waals surface area (Å²) in [6.45, 7) is 2.82. The van der Waals surface area contributed by atoms with Crippen molar-refractivity contribution in [1.82, 2.24) is 15.2 Å². The molecule has 0 bridgehead atoms. The maximum absolute atomic E-state index is 14.4. The van der Waals surface area contributed by atoms with Crippen molar-refractivity contribution in [2.45, 2.75) is 37.5 Å². The Bertz CT molecular complexity index is 1220. The molecule has 1 amide bonds. The summed E-state index contributed by atoms with van der Waals surface area (Å²) in [5.74, 6) is -0.487. The predicted molar refractivity (Wildman–Crippen MR) is 122 cm³/mol. The molecule has 2 saturated heterocycles. The second-order valence-corrected chi connectivity index (χ2v) is 10.3. The molecule has 35 heavy (non-hydrogen) atoms. The van der Waals surface area contributed by atoms with E-state index in [1.165, 1.54) is 0 Å². The number of benzene rings is 1. The SMILES string of the molecule is N#Cc1ccc(N2C[C@@]3(C(=O)NC4CC(N5CCOCC5)C4)C[C@@]3(C(F)(F)F)C2)c2cccnc12. The Hall–Kier alpha value is -2.90. The van der Waals surface area contributed by atoms with Crippen LogP contribution in [0.5, 0.6) is 0 Å². The Morgan fingerprint density at radius 3 is 2.69 bits per heavy atom. The summed E-state index contributed by atoms with van der Waals surface area (Å²) in [6.07, 6.45) is -1.59. The monoisotopic (exact) mass is 485 g/mol. The number of nitrogens with zero attached hydrogens (tertiary/aromatic N) is 4. The summed E-state index contributed by atoms with van der Waals surface area (Å²) >= 11 is 0. The number of hydrogen-bond donors (Lipinski definition) is 1. The molecular weight excluding hydrogens is 459 g/mol. The van der Waals surface area contributed by atoms with Gasteiger partial charge < -0.3 is 15.0 Å². The van der Waals surface area contributed by atoms with Crippen molar-refractivity contribution in [2.24, 2.45) is 10.8 Å². The number of rotatable bonds is 4. The molecule has 0 spiro atoms. The summed E-state index contributed by atoms with van der Waals surface area (Å²) in [5.41, 5.74) is -2.15. The quantitative estimate of drug-likeness (QED) is 0.718. The second-order valence-electron chi connectivity index (χ2n) is 10.3. The number of fused-ring (bicyclic) bond motifs is 2. The van der Waals surface area contributed by atoms with Gasteiger partial charge in [-0.3, -0.25) is 14.7 Å². The number of nitriles is 1. The number of alkyl halides is 3. The van der Waals surface area contributed by atoms with Crippen LogP contribution < -0.4 is 10.2 Å². The fourth-order valence-electron chi connectivity index (χ4n) is 6.39. The fourth-order valence-corrected chi connectivity index (χ4v) is 6.39. The molecule has 4 aliphatic rings. The molecule has 2 saturated carbocycles. The number of piperidine rings is 1. The van der Waals surface area contributed by atoms with Crippen LogP contribution in [0, 0.1) is 22.2 Å². The highest BCUT2D eigenvalue weighted by Crippen LogP contribution is 2.75. The van der Waals surface area contributed by atoms with Crippen LogP contribution in [0.3, 0.4) is 0 Å². The molecule has 7 nitrogen and oxygen atoms in total. The maximum atomic E-state index is 14.4. The van der Waals surface area contributed by atoms with Crippen LogP contribution in [0.25, 0.3) is 10.9 Å². The van der Waals surface area contributed by atoms with Crippen molar-refractivity contribution in [1.29, 1.82) is 5.26 Å². The van der Waals surface area contributed by atoms with Gasteiger partial charge in [-0.2, -0.15) is 18.4 Å². The van der Waals surface area contributed by atoms with Crippen molar-refractivity contribution < 1.29 is 22.7 Å². The lowest BCUT2D eigenvalue weighted by Gasteiger charge is -2.44. The van der Waals surface area contributed by atoms with Crippen LogP contribution >= 0.6 is 0 Å². The van der Waals surface area contributed by atoms with E-state index in [1.54, 1.807) is 35.4 Å². The minimum atomic E-state index is -4.49. The summed E-state index contributed by atoms with van der Waals surface area (Å²) in [6, 6.07) is 9.06. The number of hydrogen-bond acceptors (Lipinski definition) is 6. The van der Waals surface area contributed by atoms with Gasteiger partial charge in [-0.15, -0.1) is 0 Å². The number of pyridine rings is 1. The highest BCUT2D eigenvalue weighted by Gasteiger charge is 2.86. The highest BCUT2D eigenvalue weighted by atomic mass is 19.4. The van der Waals surface area contributed by atoms with Gasteiger partial charge in [0.1, 0.15) is 11.5 Å². The number of aromatic nitrogens is 1. The van der Waals surface area contributed by atoms with Crippen molar-refractivity contribution in [3.05, 3.63) is 36.0 Å². The summed E-state index contributed by atoms with van der Waals surface area (Å²) in [5, 5.41) is 13.0. The first-order valence-electron chi connectivity index (χ1n) is 12.0. The van der Waals surface area contributed by atoms with E-state index in [-0.39, 0.29) is 25.6 Å². The van der Waals surface area contributed by atoms with Gasteiger partial charge >= 0.3 is 6.18 Å². The zero-order valence-corrected chi connectivity index (χ0v) is 19.1. The normalized spacial score (nSPS) is 32.6. The first kappa shape index (κ1) is 22.6. The van der Waals surface area contributed by atoms with Crippen LogP contribution in [0.2, 0.25) is 0 Å². The lowest BCUT2D eigenvalue weighted by atomic mass is 9.84. The third-order valence-corrected chi connectivity index (χ3v) is 8.51. The number of anilines is 1. The lowest BCUT2D eigenvalue weighted by molar-refractivity contribution is -0.192. The third kappa shape index (κ3) is 3.32. The zero-order valence-electron chi connectivity index (χ0n) is 19.1. The standard InChI is InChI=1S/C25H26F3N5O2/c26-25(27,28)24-13-23(24,22(34)31-17-10-18(11-17)32-6-8-35-9-7-32)14-33(15-24)20-4-3-16(12-29)21-19(20)2-1-5-30-21/h1-5,17-18H,6-11,13-15H2,(H,31,34)/t17?,18?,23-,24-/m1/s1. The molecule has 1 aromatic carbocycles. The Morgan fingerprint density at radius 1 is 1.20 bits per heavy atom. The summed E-state index contributed by atoms with van der Waals surface area (Å²) < 4.78 is 48.5. The van der Waals surface area contributed by atoms with E-state index in [2.05, 4.69) is 21.3 Å². The van der Waals surface area contributed by atoms with Gasteiger partial charge in [0.15, 0.2) is 0 Å². The molecule has 2 aliphatic heterocycles. The van der Waals surface area contributed by atoms with Crippen LogP contribution in [-0.2, 0) is 9.53 Å². The number of halogens is 3. The van der Waals surface area contributed by atoms with Crippen molar-refractivity contribution in [3.8, 4) is 6.07 Å². The van der Waals surface area contributed by atoms with Crippen molar-refractivity contribution >= 4 is 22.5 Å². The van der Waals surface area contributed by atoms with Gasteiger partial charge in [0.05, 0.1) is 29.7 Å². The Morgan fingerprint density at radius 2 is 1.97 bits per heavy atom. The average molecular weight is 486 g/mol. The van der Waals surface area contributed by atoms with Crippen LogP contribution in [0.1, 0.15) is 24.8 Å². The van der Waals surface area contributed by atoms with Crippen LogP contribution in [-0.4, -0.2) is 73.4 Å². The minimum Gasteiger partial charge on any atom is -0.379 e. The first-order chi connectivity index (χ1) is 16.8. The Balaban J connectivity index is 1.23. The van der Waals surface area contributed by atoms with E-state index in [0.29, 0.717) is 41.4 Å². The fraction of sp³-hybridized carbons (Fsp3) is 0.560. The maximum Gasteiger partial charge on any atom is 0.397 e.